The number of hydrogen-bond donors (Lipinski definition) is 0. The lowest BCUT2D eigenvalue weighted by atomic mass is 9.63. The molecule has 3 aromatic rings. The van der Waals surface area contributed by atoms with E-state index >= 15 is 0 Å². The van der Waals surface area contributed by atoms with Crippen molar-refractivity contribution in [3.8, 4) is 0 Å². The normalized spacial score (nSPS) is 21.4. The Morgan fingerprint density at radius 2 is 1.24 bits per heavy atom. The van der Waals surface area contributed by atoms with Crippen molar-refractivity contribution in [2.45, 2.75) is 59.3 Å². The van der Waals surface area contributed by atoms with Crippen molar-refractivity contribution < 1.29 is 9.59 Å². The van der Waals surface area contributed by atoms with Crippen LogP contribution >= 0.6 is 15.9 Å². The molecule has 3 aliphatic rings. The second-order valence-corrected chi connectivity index (χ2v) is 13.3. The number of hydrogen-bond acceptors (Lipinski definition) is 3. The van der Waals surface area contributed by atoms with Crippen LogP contribution in [0.4, 0.5) is 5.69 Å². The van der Waals surface area contributed by atoms with Crippen LogP contribution in [0.1, 0.15) is 64.9 Å². The minimum atomic E-state index is -0.338. The van der Waals surface area contributed by atoms with Crippen LogP contribution in [0.3, 0.4) is 0 Å². The third-order valence-corrected chi connectivity index (χ3v) is 8.66. The number of rotatable bonds is 2. The molecule has 0 atom stereocenters. The molecule has 2 aliphatic carbocycles. The Morgan fingerprint density at radius 3 is 1.84 bits per heavy atom. The van der Waals surface area contributed by atoms with Gasteiger partial charge in [-0.05, 0) is 64.3 Å². The van der Waals surface area contributed by atoms with Gasteiger partial charge in [-0.3, -0.25) is 9.59 Å². The number of Topliss-reactive ketones (excluding diaryl/α,β-unsaturated/α-hetero) is 2. The second-order valence-electron chi connectivity index (χ2n) is 12.4. The van der Waals surface area contributed by atoms with Crippen LogP contribution in [-0.2, 0) is 9.59 Å². The van der Waals surface area contributed by atoms with Crippen molar-refractivity contribution in [1.82, 2.24) is 0 Å². The first kappa shape index (κ1) is 24.4. The molecule has 1 aliphatic heterocycles. The molecule has 0 N–H and O–H groups in total. The van der Waals surface area contributed by atoms with E-state index in [0.717, 1.165) is 61.9 Å². The summed E-state index contributed by atoms with van der Waals surface area (Å²) >= 11 is 3.57. The van der Waals surface area contributed by atoms with Crippen molar-refractivity contribution in [1.29, 1.82) is 0 Å². The van der Waals surface area contributed by atoms with Gasteiger partial charge in [-0.25, -0.2) is 0 Å². The minimum absolute atomic E-state index is 0.154. The van der Waals surface area contributed by atoms with Gasteiger partial charge in [0.15, 0.2) is 11.6 Å². The molecular weight excluding hydrogens is 522 g/mol. The van der Waals surface area contributed by atoms with E-state index in [1.165, 1.54) is 0 Å². The third kappa shape index (κ3) is 4.10. The van der Waals surface area contributed by atoms with Crippen LogP contribution in [0.5, 0.6) is 0 Å². The van der Waals surface area contributed by atoms with E-state index in [2.05, 4.69) is 91.0 Å². The highest BCUT2D eigenvalue weighted by Crippen LogP contribution is 2.56. The van der Waals surface area contributed by atoms with Gasteiger partial charge in [0.2, 0.25) is 0 Å². The zero-order valence-electron chi connectivity index (χ0n) is 21.9. The summed E-state index contributed by atoms with van der Waals surface area (Å²) < 4.78 is 1.00. The van der Waals surface area contributed by atoms with Crippen LogP contribution in [-0.4, -0.2) is 11.6 Å². The maximum Gasteiger partial charge on any atom is 0.162 e. The zero-order chi connectivity index (χ0) is 26.1. The van der Waals surface area contributed by atoms with Crippen molar-refractivity contribution in [3.05, 3.63) is 99.3 Å². The van der Waals surface area contributed by atoms with E-state index in [1.807, 2.05) is 24.3 Å². The lowest BCUT2D eigenvalue weighted by Gasteiger charge is -2.49. The van der Waals surface area contributed by atoms with Crippen LogP contribution in [0.2, 0.25) is 0 Å². The average molecular weight is 555 g/mol. The molecule has 0 radical (unpaired) electrons. The SMILES string of the molecule is CC1(C)CC(=O)C2=C(C1)N(c1ccc(Br)cc1)C1=C(C(=O)CC(C)(C)C1)C2c1cccc2ccccc12. The molecule has 0 saturated heterocycles. The molecule has 0 saturated carbocycles. The van der Waals surface area contributed by atoms with Gasteiger partial charge in [0, 0.05) is 51.5 Å². The van der Waals surface area contributed by atoms with Gasteiger partial charge in [0.1, 0.15) is 0 Å². The molecule has 0 unspecified atom stereocenters. The third-order valence-electron chi connectivity index (χ3n) is 8.13. The fraction of sp³-hybridized carbons (Fsp3) is 0.333. The molecule has 0 amide bonds. The number of halogens is 1. The topological polar surface area (TPSA) is 37.4 Å². The zero-order valence-corrected chi connectivity index (χ0v) is 23.5. The van der Waals surface area contributed by atoms with Gasteiger partial charge in [0.05, 0.1) is 0 Å². The number of allylic oxidation sites excluding steroid dienone is 4. The standard InChI is InChI=1S/C33H32BrNO2/c1-32(2)16-25-30(27(36)18-32)29(24-11-7-9-20-8-5-6-10-23(20)24)31-26(17-33(3,4)19-28(31)37)35(25)22-14-12-21(34)13-15-22/h5-15,29H,16-19H2,1-4H3. The number of nitrogens with zero attached hydrogens (tertiary/aromatic N) is 1. The van der Waals surface area contributed by atoms with E-state index < -0.39 is 0 Å². The van der Waals surface area contributed by atoms with E-state index in [0.29, 0.717) is 12.8 Å². The predicted molar refractivity (Wildman–Crippen MR) is 153 cm³/mol. The van der Waals surface area contributed by atoms with Crippen LogP contribution in [0.25, 0.3) is 10.8 Å². The molecule has 0 spiro atoms. The first-order valence-electron chi connectivity index (χ1n) is 13.1. The summed E-state index contributed by atoms with van der Waals surface area (Å²) in [6.45, 7) is 8.73. The molecule has 1 heterocycles. The first-order valence-corrected chi connectivity index (χ1v) is 13.9. The maximum atomic E-state index is 14.1. The molecular formula is C33H32BrNO2. The lowest BCUT2D eigenvalue weighted by molar-refractivity contribution is -0.119. The summed E-state index contributed by atoms with van der Waals surface area (Å²) in [5, 5.41) is 2.24. The van der Waals surface area contributed by atoms with Gasteiger partial charge in [-0.15, -0.1) is 0 Å². The van der Waals surface area contributed by atoms with E-state index in [9.17, 15) is 9.59 Å². The van der Waals surface area contributed by atoms with Gasteiger partial charge in [-0.1, -0.05) is 86.1 Å². The number of carbonyl (C=O) groups is 2. The summed E-state index contributed by atoms with van der Waals surface area (Å²) in [6, 6.07) is 22.9. The summed E-state index contributed by atoms with van der Waals surface area (Å²) in [7, 11) is 0. The van der Waals surface area contributed by atoms with Crippen molar-refractivity contribution in [2.24, 2.45) is 10.8 Å². The summed E-state index contributed by atoms with van der Waals surface area (Å²) in [5.74, 6) is -0.0130. The van der Waals surface area contributed by atoms with Crippen LogP contribution in [0, 0.1) is 10.8 Å². The molecule has 6 rings (SSSR count). The van der Waals surface area contributed by atoms with Crippen molar-refractivity contribution in [3.63, 3.8) is 0 Å². The second kappa shape index (κ2) is 8.52. The van der Waals surface area contributed by atoms with Gasteiger partial charge < -0.3 is 4.90 Å². The van der Waals surface area contributed by atoms with Gasteiger partial charge in [-0.2, -0.15) is 0 Å². The Kier molecular flexibility index (Phi) is 5.61. The fourth-order valence-corrected chi connectivity index (χ4v) is 6.94. The van der Waals surface area contributed by atoms with Crippen LogP contribution in [0.15, 0.2) is 93.7 Å². The summed E-state index contributed by atoms with van der Waals surface area (Å²) in [5.41, 5.74) is 5.51. The molecule has 0 fully saturated rings. The number of ketones is 2. The van der Waals surface area contributed by atoms with Gasteiger partial charge >= 0.3 is 0 Å². The van der Waals surface area contributed by atoms with Gasteiger partial charge in [0.25, 0.3) is 0 Å². The summed E-state index contributed by atoms with van der Waals surface area (Å²) in [4.78, 5) is 30.4. The Hall–Kier alpha value is -2.98. The Labute approximate surface area is 227 Å². The maximum absolute atomic E-state index is 14.1. The first-order chi connectivity index (χ1) is 17.5. The summed E-state index contributed by atoms with van der Waals surface area (Å²) in [6.07, 6.45) is 2.56. The molecule has 0 bridgehead atoms. The Morgan fingerprint density at radius 1 is 0.703 bits per heavy atom. The number of anilines is 1. The Bertz CT molecular complexity index is 1460. The largest absolute Gasteiger partial charge is 0.317 e. The molecule has 3 aromatic carbocycles. The van der Waals surface area contributed by atoms with E-state index in [1.54, 1.807) is 0 Å². The van der Waals surface area contributed by atoms with E-state index in [4.69, 9.17) is 0 Å². The molecule has 37 heavy (non-hydrogen) atoms. The highest BCUT2D eigenvalue weighted by Gasteiger charge is 2.49. The molecule has 3 nitrogen and oxygen atoms in total. The average Bonchev–Trinajstić information content (AvgIpc) is 2.82. The van der Waals surface area contributed by atoms with Crippen molar-refractivity contribution >= 4 is 44.0 Å². The van der Waals surface area contributed by atoms with Crippen molar-refractivity contribution in [2.75, 3.05) is 4.90 Å². The molecule has 188 valence electrons. The minimum Gasteiger partial charge on any atom is -0.317 e. The molecule has 4 heteroatoms. The fourth-order valence-electron chi connectivity index (χ4n) is 6.68. The highest BCUT2D eigenvalue weighted by atomic mass is 79.9. The number of carbonyl (C=O) groups excluding carboxylic acids is 2. The highest BCUT2D eigenvalue weighted by molar-refractivity contribution is 9.10. The quantitative estimate of drug-likeness (QED) is 0.319. The molecule has 0 aromatic heterocycles. The Balaban J connectivity index is 1.70. The monoisotopic (exact) mass is 553 g/mol. The lowest BCUT2D eigenvalue weighted by Crippen LogP contribution is -2.44. The predicted octanol–water partition coefficient (Wildman–Crippen LogP) is 8.49. The van der Waals surface area contributed by atoms with Crippen LogP contribution < -0.4 is 4.90 Å². The van der Waals surface area contributed by atoms with E-state index in [-0.39, 0.29) is 28.3 Å². The smallest absolute Gasteiger partial charge is 0.162 e. The number of fused-ring (bicyclic) bond motifs is 1. The number of benzene rings is 3.